The van der Waals surface area contributed by atoms with E-state index in [1.807, 2.05) is 6.92 Å². The van der Waals surface area contributed by atoms with Gasteiger partial charge in [-0.05, 0) is 31.9 Å². The zero-order valence-corrected chi connectivity index (χ0v) is 13.3. The molecule has 2 heterocycles. The van der Waals surface area contributed by atoms with Crippen LogP contribution in [-0.2, 0) is 4.79 Å². The fourth-order valence-electron chi connectivity index (χ4n) is 3.22. The molecule has 7 nitrogen and oxygen atoms in total. The maximum absolute atomic E-state index is 11.8. The first-order valence-electron chi connectivity index (χ1n) is 7.69. The number of piperidine rings is 1. The van der Waals surface area contributed by atoms with Gasteiger partial charge < -0.3 is 20.2 Å². The summed E-state index contributed by atoms with van der Waals surface area (Å²) in [7, 11) is 0. The third-order valence-corrected chi connectivity index (χ3v) is 4.45. The molecular formula is C16H22N2O5. The van der Waals surface area contributed by atoms with Gasteiger partial charge in [0, 0.05) is 18.8 Å². The molecule has 1 aromatic rings. The molecule has 0 spiro atoms. The smallest absolute Gasteiger partial charge is 0.339 e. The van der Waals surface area contributed by atoms with Gasteiger partial charge in [-0.1, -0.05) is 13.3 Å². The van der Waals surface area contributed by atoms with E-state index < -0.39 is 23.5 Å². The van der Waals surface area contributed by atoms with Crippen molar-refractivity contribution < 1.29 is 24.9 Å². The van der Waals surface area contributed by atoms with Crippen LogP contribution in [0.25, 0.3) is 0 Å². The number of aromatic carboxylic acids is 1. The number of carboxylic acids is 2. The standard InChI is InChI=1S/C16H22N2O5/c1-3-7-16(15(22)23)9-18(8-6-12(16)19)13-11(14(20)21)5-4-10(2)17-13/h4-5,12,19H,3,6-9H2,1-2H3,(H,20,21)(H,22,23)/t12?,16-/m0/s1. The zero-order chi connectivity index (χ0) is 17.2. The summed E-state index contributed by atoms with van der Waals surface area (Å²) >= 11 is 0. The predicted molar refractivity (Wildman–Crippen MR) is 83.7 cm³/mol. The molecule has 2 atom stereocenters. The van der Waals surface area contributed by atoms with Crippen molar-refractivity contribution in [2.24, 2.45) is 5.41 Å². The zero-order valence-electron chi connectivity index (χ0n) is 13.3. The molecule has 1 aliphatic rings. The van der Waals surface area contributed by atoms with Crippen LogP contribution in [0.5, 0.6) is 0 Å². The molecule has 0 amide bonds. The Balaban J connectivity index is 2.44. The summed E-state index contributed by atoms with van der Waals surface area (Å²) in [4.78, 5) is 29.2. The van der Waals surface area contributed by atoms with E-state index in [1.165, 1.54) is 6.07 Å². The molecule has 1 aromatic heterocycles. The van der Waals surface area contributed by atoms with E-state index in [-0.39, 0.29) is 24.3 Å². The molecule has 2 rings (SSSR count). The second kappa shape index (κ2) is 6.54. The van der Waals surface area contributed by atoms with Gasteiger partial charge in [-0.15, -0.1) is 0 Å². The Labute approximate surface area is 134 Å². The van der Waals surface area contributed by atoms with Gasteiger partial charge in [-0.3, -0.25) is 4.79 Å². The van der Waals surface area contributed by atoms with Crippen LogP contribution >= 0.6 is 0 Å². The van der Waals surface area contributed by atoms with E-state index in [1.54, 1.807) is 17.9 Å². The molecule has 0 aliphatic carbocycles. The molecule has 1 fully saturated rings. The number of aromatic nitrogens is 1. The van der Waals surface area contributed by atoms with E-state index in [0.717, 1.165) is 0 Å². The molecule has 0 saturated carbocycles. The van der Waals surface area contributed by atoms with Crippen LogP contribution in [0.3, 0.4) is 0 Å². The van der Waals surface area contributed by atoms with Gasteiger partial charge in [0.25, 0.3) is 0 Å². The quantitative estimate of drug-likeness (QED) is 0.754. The highest BCUT2D eigenvalue weighted by atomic mass is 16.4. The minimum atomic E-state index is -1.30. The number of hydrogen-bond acceptors (Lipinski definition) is 5. The Morgan fingerprint density at radius 3 is 2.65 bits per heavy atom. The van der Waals surface area contributed by atoms with E-state index in [9.17, 15) is 24.9 Å². The number of rotatable bonds is 5. The highest BCUT2D eigenvalue weighted by Gasteiger charge is 2.49. The number of aryl methyl sites for hydroxylation is 1. The van der Waals surface area contributed by atoms with Crippen molar-refractivity contribution in [3.63, 3.8) is 0 Å². The van der Waals surface area contributed by atoms with Crippen LogP contribution in [0.15, 0.2) is 12.1 Å². The molecule has 0 radical (unpaired) electrons. The lowest BCUT2D eigenvalue weighted by molar-refractivity contribution is -0.158. The minimum Gasteiger partial charge on any atom is -0.481 e. The van der Waals surface area contributed by atoms with Crippen LogP contribution < -0.4 is 4.90 Å². The predicted octanol–water partition coefficient (Wildman–Crippen LogP) is 1.53. The van der Waals surface area contributed by atoms with Gasteiger partial charge >= 0.3 is 11.9 Å². The molecule has 7 heteroatoms. The number of anilines is 1. The molecular weight excluding hydrogens is 300 g/mol. The lowest BCUT2D eigenvalue weighted by atomic mass is 9.74. The number of carboxylic acid groups (broad SMARTS) is 2. The fraction of sp³-hybridized carbons (Fsp3) is 0.562. The van der Waals surface area contributed by atoms with Gasteiger partial charge in [0.2, 0.25) is 0 Å². The Morgan fingerprint density at radius 2 is 2.09 bits per heavy atom. The summed E-state index contributed by atoms with van der Waals surface area (Å²) < 4.78 is 0. The average molecular weight is 322 g/mol. The molecule has 126 valence electrons. The molecule has 0 aromatic carbocycles. The molecule has 1 saturated heterocycles. The van der Waals surface area contributed by atoms with Crippen LogP contribution in [0.4, 0.5) is 5.82 Å². The SMILES string of the molecule is CCC[C@]1(C(=O)O)CN(c2nc(C)ccc2C(=O)O)CCC1O. The number of aliphatic hydroxyl groups is 1. The summed E-state index contributed by atoms with van der Waals surface area (Å²) in [6.45, 7) is 4.04. The van der Waals surface area contributed by atoms with E-state index in [2.05, 4.69) is 4.98 Å². The summed E-state index contributed by atoms with van der Waals surface area (Å²) in [6, 6.07) is 3.09. The number of carbonyl (C=O) groups is 2. The van der Waals surface area contributed by atoms with E-state index >= 15 is 0 Å². The minimum absolute atomic E-state index is 0.0442. The summed E-state index contributed by atoms with van der Waals surface area (Å²) in [5, 5.41) is 29.3. The van der Waals surface area contributed by atoms with Crippen LogP contribution in [-0.4, -0.2) is 51.4 Å². The second-order valence-corrected chi connectivity index (χ2v) is 6.07. The molecule has 1 aliphatic heterocycles. The lowest BCUT2D eigenvalue weighted by Crippen LogP contribution is -2.56. The number of pyridine rings is 1. The van der Waals surface area contributed by atoms with E-state index in [0.29, 0.717) is 25.1 Å². The summed E-state index contributed by atoms with van der Waals surface area (Å²) in [5.41, 5.74) is -0.593. The lowest BCUT2D eigenvalue weighted by Gasteiger charge is -2.44. The van der Waals surface area contributed by atoms with Crippen LogP contribution in [0.1, 0.15) is 42.2 Å². The third kappa shape index (κ3) is 3.14. The number of aliphatic hydroxyl groups excluding tert-OH is 1. The van der Waals surface area contributed by atoms with Crippen molar-refractivity contribution in [2.75, 3.05) is 18.0 Å². The molecule has 3 N–H and O–H groups in total. The Hall–Kier alpha value is -2.15. The first-order valence-corrected chi connectivity index (χ1v) is 7.69. The third-order valence-electron chi connectivity index (χ3n) is 4.45. The number of aliphatic carboxylic acids is 1. The summed E-state index contributed by atoms with van der Waals surface area (Å²) in [5.74, 6) is -1.89. The Morgan fingerprint density at radius 1 is 1.39 bits per heavy atom. The first-order chi connectivity index (χ1) is 10.8. The van der Waals surface area contributed by atoms with Crippen LogP contribution in [0, 0.1) is 12.3 Å². The maximum atomic E-state index is 11.8. The van der Waals surface area contributed by atoms with Crippen molar-refractivity contribution in [1.29, 1.82) is 0 Å². The van der Waals surface area contributed by atoms with Crippen molar-refractivity contribution in [3.8, 4) is 0 Å². The summed E-state index contributed by atoms with van der Waals surface area (Å²) in [6.07, 6.45) is 0.258. The van der Waals surface area contributed by atoms with Gasteiger partial charge in [-0.2, -0.15) is 0 Å². The molecule has 0 bridgehead atoms. The number of hydrogen-bond donors (Lipinski definition) is 3. The average Bonchev–Trinajstić information content (AvgIpc) is 2.49. The number of nitrogens with zero attached hydrogens (tertiary/aromatic N) is 2. The normalized spacial score (nSPS) is 24.5. The topological polar surface area (TPSA) is 111 Å². The van der Waals surface area contributed by atoms with Gasteiger partial charge in [-0.25, -0.2) is 9.78 Å². The maximum Gasteiger partial charge on any atom is 0.339 e. The van der Waals surface area contributed by atoms with Gasteiger partial charge in [0.1, 0.15) is 16.8 Å². The molecule has 1 unspecified atom stereocenters. The fourth-order valence-corrected chi connectivity index (χ4v) is 3.22. The van der Waals surface area contributed by atoms with Crippen LogP contribution in [0.2, 0.25) is 0 Å². The second-order valence-electron chi connectivity index (χ2n) is 6.07. The van der Waals surface area contributed by atoms with Gasteiger partial charge in [0.05, 0.1) is 6.10 Å². The van der Waals surface area contributed by atoms with Gasteiger partial charge in [0.15, 0.2) is 0 Å². The highest BCUT2D eigenvalue weighted by Crippen LogP contribution is 2.37. The van der Waals surface area contributed by atoms with E-state index in [4.69, 9.17) is 0 Å². The monoisotopic (exact) mass is 322 g/mol. The van der Waals surface area contributed by atoms with Crippen molar-refractivity contribution >= 4 is 17.8 Å². The Kier molecular flexibility index (Phi) is 4.89. The molecule has 23 heavy (non-hydrogen) atoms. The van der Waals surface area contributed by atoms with Crippen molar-refractivity contribution in [1.82, 2.24) is 4.98 Å². The Bertz CT molecular complexity index is 618. The van der Waals surface area contributed by atoms with Crippen molar-refractivity contribution in [2.45, 2.75) is 39.2 Å². The first kappa shape index (κ1) is 17.2. The largest absolute Gasteiger partial charge is 0.481 e. The highest BCUT2D eigenvalue weighted by molar-refractivity contribution is 5.93. The van der Waals surface area contributed by atoms with Crippen molar-refractivity contribution in [3.05, 3.63) is 23.4 Å².